The van der Waals surface area contributed by atoms with Crippen molar-refractivity contribution in [2.75, 3.05) is 0 Å². The molecule has 4 nitrogen and oxygen atoms in total. The normalized spacial score (nSPS) is 20.4. The van der Waals surface area contributed by atoms with E-state index in [0.29, 0.717) is 24.1 Å². The lowest BCUT2D eigenvalue weighted by Crippen LogP contribution is -2.39. The third kappa shape index (κ3) is 3.14. The van der Waals surface area contributed by atoms with Crippen LogP contribution in [0.3, 0.4) is 0 Å². The van der Waals surface area contributed by atoms with Gasteiger partial charge in [0.25, 0.3) is 5.69 Å². The third-order valence-electron chi connectivity index (χ3n) is 4.25. The number of hydrogen-bond acceptors (Lipinski definition) is 3. The van der Waals surface area contributed by atoms with E-state index in [1.165, 1.54) is 18.2 Å². The third-order valence-corrected chi connectivity index (χ3v) is 4.25. The molecule has 3 rings (SSSR count). The molecule has 0 spiro atoms. The highest BCUT2D eigenvalue weighted by Crippen LogP contribution is 2.37. The fourth-order valence-electron chi connectivity index (χ4n) is 2.88. The van der Waals surface area contributed by atoms with Crippen LogP contribution in [0.1, 0.15) is 29.9 Å². The molecule has 0 saturated heterocycles. The molecule has 114 valence electrons. The predicted molar refractivity (Wildman–Crippen MR) is 82.1 cm³/mol. The molecule has 1 N–H and O–H groups in total. The second-order valence-corrected chi connectivity index (χ2v) is 5.68. The van der Waals surface area contributed by atoms with E-state index in [1.807, 2.05) is 18.2 Å². The van der Waals surface area contributed by atoms with Gasteiger partial charge in [0.05, 0.1) is 4.92 Å². The molecular formula is C17H17FN2O2. The van der Waals surface area contributed by atoms with Crippen molar-refractivity contribution in [2.24, 2.45) is 0 Å². The SMILES string of the molecule is O=[N+]([O-])c1ccccc1CNC1CC(c2ccc(F)cc2)C1. The summed E-state index contributed by atoms with van der Waals surface area (Å²) in [5, 5.41) is 14.3. The van der Waals surface area contributed by atoms with Crippen LogP contribution in [0.15, 0.2) is 48.5 Å². The van der Waals surface area contributed by atoms with Crippen LogP contribution in [0, 0.1) is 15.9 Å². The molecule has 0 heterocycles. The summed E-state index contributed by atoms with van der Waals surface area (Å²) < 4.78 is 12.9. The van der Waals surface area contributed by atoms with Crippen molar-refractivity contribution in [3.8, 4) is 0 Å². The second kappa shape index (κ2) is 6.23. The number of halogens is 1. The number of nitro benzene ring substituents is 1. The number of nitro groups is 1. The van der Waals surface area contributed by atoms with Gasteiger partial charge in [0, 0.05) is 24.2 Å². The maximum atomic E-state index is 12.9. The van der Waals surface area contributed by atoms with Gasteiger partial charge in [-0.15, -0.1) is 0 Å². The lowest BCUT2D eigenvalue weighted by molar-refractivity contribution is -0.385. The largest absolute Gasteiger partial charge is 0.310 e. The van der Waals surface area contributed by atoms with Crippen LogP contribution >= 0.6 is 0 Å². The molecule has 0 amide bonds. The highest BCUT2D eigenvalue weighted by atomic mass is 19.1. The summed E-state index contributed by atoms with van der Waals surface area (Å²) in [6.45, 7) is 0.498. The number of para-hydroxylation sites is 1. The zero-order valence-corrected chi connectivity index (χ0v) is 12.0. The van der Waals surface area contributed by atoms with Gasteiger partial charge >= 0.3 is 0 Å². The second-order valence-electron chi connectivity index (χ2n) is 5.68. The van der Waals surface area contributed by atoms with Gasteiger partial charge in [0.2, 0.25) is 0 Å². The molecule has 1 aliphatic carbocycles. The minimum atomic E-state index is -0.348. The summed E-state index contributed by atoms with van der Waals surface area (Å²) in [6.07, 6.45) is 1.96. The molecule has 2 aromatic carbocycles. The van der Waals surface area contributed by atoms with Crippen LogP contribution in [0.25, 0.3) is 0 Å². The van der Waals surface area contributed by atoms with E-state index in [2.05, 4.69) is 5.32 Å². The van der Waals surface area contributed by atoms with E-state index < -0.39 is 0 Å². The lowest BCUT2D eigenvalue weighted by atomic mass is 9.76. The number of nitrogens with one attached hydrogen (secondary N) is 1. The average molecular weight is 300 g/mol. The first kappa shape index (κ1) is 14.7. The smallest absolute Gasteiger partial charge is 0.273 e. The van der Waals surface area contributed by atoms with Gasteiger partial charge in [0.15, 0.2) is 0 Å². The number of hydrogen-bond donors (Lipinski definition) is 1. The van der Waals surface area contributed by atoms with Gasteiger partial charge < -0.3 is 5.32 Å². The Bertz CT molecular complexity index is 667. The zero-order chi connectivity index (χ0) is 15.5. The Morgan fingerprint density at radius 3 is 2.50 bits per heavy atom. The summed E-state index contributed by atoms with van der Waals surface area (Å²) in [5.41, 5.74) is 2.02. The van der Waals surface area contributed by atoms with Crippen molar-refractivity contribution in [3.63, 3.8) is 0 Å². The Labute approximate surface area is 128 Å². The summed E-state index contributed by atoms with van der Waals surface area (Å²) in [6, 6.07) is 13.8. The van der Waals surface area contributed by atoms with E-state index >= 15 is 0 Å². The van der Waals surface area contributed by atoms with Crippen LogP contribution < -0.4 is 5.32 Å². The van der Waals surface area contributed by atoms with E-state index in [0.717, 1.165) is 18.4 Å². The average Bonchev–Trinajstić information content (AvgIpc) is 2.47. The Morgan fingerprint density at radius 2 is 1.82 bits per heavy atom. The number of nitrogens with zero attached hydrogens (tertiary/aromatic N) is 1. The summed E-state index contributed by atoms with van der Waals surface area (Å²) in [4.78, 5) is 10.6. The summed E-state index contributed by atoms with van der Waals surface area (Å²) in [7, 11) is 0. The van der Waals surface area contributed by atoms with Crippen LogP contribution in [-0.4, -0.2) is 11.0 Å². The number of rotatable bonds is 5. The van der Waals surface area contributed by atoms with Crippen LogP contribution in [0.2, 0.25) is 0 Å². The van der Waals surface area contributed by atoms with E-state index in [-0.39, 0.29) is 16.4 Å². The fourth-order valence-corrected chi connectivity index (χ4v) is 2.88. The first-order valence-electron chi connectivity index (χ1n) is 7.34. The molecule has 0 unspecified atom stereocenters. The van der Waals surface area contributed by atoms with Crippen molar-refractivity contribution in [2.45, 2.75) is 31.3 Å². The molecule has 22 heavy (non-hydrogen) atoms. The maximum Gasteiger partial charge on any atom is 0.273 e. The molecule has 0 atom stereocenters. The standard InChI is InChI=1S/C17H17FN2O2/c18-15-7-5-12(6-8-15)14-9-16(10-14)19-11-13-3-1-2-4-17(13)20(21)22/h1-8,14,16,19H,9-11H2. The van der Waals surface area contributed by atoms with Crippen molar-refractivity contribution in [1.29, 1.82) is 0 Å². The summed E-state index contributed by atoms with van der Waals surface area (Å²) in [5.74, 6) is 0.234. The molecule has 0 radical (unpaired) electrons. The van der Waals surface area contributed by atoms with Crippen LogP contribution in [-0.2, 0) is 6.54 Å². The van der Waals surface area contributed by atoms with Gasteiger partial charge in [-0.3, -0.25) is 10.1 Å². The highest BCUT2D eigenvalue weighted by Gasteiger charge is 2.30. The molecule has 1 fully saturated rings. The monoisotopic (exact) mass is 300 g/mol. The lowest BCUT2D eigenvalue weighted by Gasteiger charge is -2.36. The molecule has 2 aromatic rings. The Morgan fingerprint density at radius 1 is 1.14 bits per heavy atom. The zero-order valence-electron chi connectivity index (χ0n) is 12.0. The van der Waals surface area contributed by atoms with Gasteiger partial charge in [-0.25, -0.2) is 4.39 Å². The summed E-state index contributed by atoms with van der Waals surface area (Å²) >= 11 is 0. The minimum absolute atomic E-state index is 0.157. The molecule has 0 aliphatic heterocycles. The first-order chi connectivity index (χ1) is 10.6. The Kier molecular flexibility index (Phi) is 4.15. The first-order valence-corrected chi connectivity index (χ1v) is 7.34. The Balaban J connectivity index is 1.53. The van der Waals surface area contributed by atoms with E-state index in [9.17, 15) is 14.5 Å². The van der Waals surface area contributed by atoms with Gasteiger partial charge in [-0.1, -0.05) is 30.3 Å². The molecule has 0 bridgehead atoms. The van der Waals surface area contributed by atoms with Gasteiger partial charge in [0.1, 0.15) is 5.82 Å². The number of benzene rings is 2. The minimum Gasteiger partial charge on any atom is -0.310 e. The topological polar surface area (TPSA) is 55.2 Å². The molecule has 1 aliphatic rings. The molecular weight excluding hydrogens is 283 g/mol. The maximum absolute atomic E-state index is 12.9. The predicted octanol–water partition coefficient (Wildman–Crippen LogP) is 3.77. The molecule has 1 saturated carbocycles. The van der Waals surface area contributed by atoms with Crippen molar-refractivity contribution in [3.05, 3.63) is 75.6 Å². The van der Waals surface area contributed by atoms with E-state index in [1.54, 1.807) is 12.1 Å². The van der Waals surface area contributed by atoms with Crippen LogP contribution in [0.5, 0.6) is 0 Å². The quantitative estimate of drug-likeness (QED) is 0.675. The van der Waals surface area contributed by atoms with Crippen molar-refractivity contribution >= 4 is 5.69 Å². The van der Waals surface area contributed by atoms with Crippen LogP contribution in [0.4, 0.5) is 10.1 Å². The Hall–Kier alpha value is -2.27. The molecule has 5 heteroatoms. The fraction of sp³-hybridized carbons (Fsp3) is 0.294. The van der Waals surface area contributed by atoms with Gasteiger partial charge in [-0.05, 0) is 36.5 Å². The highest BCUT2D eigenvalue weighted by molar-refractivity contribution is 5.39. The molecule has 0 aromatic heterocycles. The van der Waals surface area contributed by atoms with Crippen molar-refractivity contribution in [1.82, 2.24) is 5.32 Å². The van der Waals surface area contributed by atoms with Crippen molar-refractivity contribution < 1.29 is 9.31 Å². The van der Waals surface area contributed by atoms with Gasteiger partial charge in [-0.2, -0.15) is 0 Å². The van der Waals surface area contributed by atoms with E-state index in [4.69, 9.17) is 0 Å².